The van der Waals surface area contributed by atoms with Crippen LogP contribution in [-0.2, 0) is 6.42 Å². The van der Waals surface area contributed by atoms with Crippen LogP contribution in [-0.4, -0.2) is 21.6 Å². The molecule has 0 fully saturated rings. The number of ether oxygens (including phenoxy) is 1. The third kappa shape index (κ3) is 3.38. The van der Waals surface area contributed by atoms with Gasteiger partial charge < -0.3 is 4.74 Å². The van der Waals surface area contributed by atoms with Crippen molar-refractivity contribution in [1.82, 2.24) is 15.0 Å². The fraction of sp³-hybridized carbons (Fsp3) is 0.182. The van der Waals surface area contributed by atoms with Gasteiger partial charge in [-0.3, -0.25) is 4.98 Å². The number of nitrogens with zero attached hydrogens (tertiary/aromatic N) is 3. The van der Waals surface area contributed by atoms with Crippen LogP contribution in [0.3, 0.4) is 0 Å². The van der Waals surface area contributed by atoms with Gasteiger partial charge in [-0.25, -0.2) is 9.97 Å². The van der Waals surface area contributed by atoms with Crippen LogP contribution in [0.15, 0.2) is 35.2 Å². The Hall–Kier alpha value is -1.20. The first-order valence-electron chi connectivity index (χ1n) is 4.96. The van der Waals surface area contributed by atoms with Crippen molar-refractivity contribution in [2.24, 2.45) is 0 Å². The van der Waals surface area contributed by atoms with Gasteiger partial charge in [0.2, 0.25) is 5.88 Å². The molecule has 0 aliphatic heterocycles. The van der Waals surface area contributed by atoms with Crippen LogP contribution in [0.5, 0.6) is 5.88 Å². The second kappa shape index (κ2) is 5.93. The molecule has 88 valence electrons. The Kier molecular flexibility index (Phi) is 4.28. The maximum absolute atomic E-state index is 5.82. The summed E-state index contributed by atoms with van der Waals surface area (Å²) < 4.78 is 6.07. The average Bonchev–Trinajstić information content (AvgIpc) is 2.36. The number of halogens is 2. The van der Waals surface area contributed by atoms with Crippen molar-refractivity contribution < 1.29 is 4.74 Å². The SMILES string of the molecule is Clc1ncnc(OCCc2ccccn2)c1Br. The zero-order chi connectivity index (χ0) is 12.1. The molecule has 2 rings (SSSR count). The van der Waals surface area contributed by atoms with Gasteiger partial charge in [0.25, 0.3) is 0 Å². The second-order valence-electron chi connectivity index (χ2n) is 3.20. The number of hydrogen-bond acceptors (Lipinski definition) is 4. The molecule has 0 radical (unpaired) electrons. The van der Waals surface area contributed by atoms with Gasteiger partial charge >= 0.3 is 0 Å². The fourth-order valence-electron chi connectivity index (χ4n) is 1.23. The largest absolute Gasteiger partial charge is 0.476 e. The minimum Gasteiger partial charge on any atom is -0.476 e. The number of pyridine rings is 1. The molecule has 17 heavy (non-hydrogen) atoms. The normalized spacial score (nSPS) is 10.2. The highest BCUT2D eigenvalue weighted by molar-refractivity contribution is 9.10. The minimum absolute atomic E-state index is 0.341. The highest BCUT2D eigenvalue weighted by Gasteiger charge is 2.07. The molecule has 0 N–H and O–H groups in total. The lowest BCUT2D eigenvalue weighted by Crippen LogP contribution is -2.04. The Balaban J connectivity index is 1.93. The Morgan fingerprint density at radius 1 is 1.24 bits per heavy atom. The molecule has 2 aromatic rings. The lowest BCUT2D eigenvalue weighted by Gasteiger charge is -2.06. The molecule has 0 aliphatic carbocycles. The molecule has 2 heterocycles. The quantitative estimate of drug-likeness (QED) is 0.814. The van der Waals surface area contributed by atoms with Crippen molar-refractivity contribution in [1.29, 1.82) is 0 Å². The van der Waals surface area contributed by atoms with Crippen LogP contribution in [0.1, 0.15) is 5.69 Å². The Labute approximate surface area is 112 Å². The summed E-state index contributed by atoms with van der Waals surface area (Å²) in [5.74, 6) is 0.445. The average molecular weight is 315 g/mol. The van der Waals surface area contributed by atoms with Gasteiger partial charge in [-0.2, -0.15) is 0 Å². The van der Waals surface area contributed by atoms with E-state index in [1.165, 1.54) is 6.33 Å². The standard InChI is InChI=1S/C11H9BrClN3O/c12-9-10(13)15-7-16-11(9)17-6-4-8-3-1-2-5-14-8/h1-3,5,7H,4,6H2. The van der Waals surface area contributed by atoms with Gasteiger partial charge in [0, 0.05) is 18.3 Å². The van der Waals surface area contributed by atoms with Gasteiger partial charge in [-0.15, -0.1) is 0 Å². The molecule has 0 saturated carbocycles. The summed E-state index contributed by atoms with van der Waals surface area (Å²) >= 11 is 9.09. The van der Waals surface area contributed by atoms with Gasteiger partial charge in [-0.05, 0) is 28.1 Å². The van der Waals surface area contributed by atoms with Crippen LogP contribution in [0.2, 0.25) is 5.15 Å². The van der Waals surface area contributed by atoms with E-state index in [-0.39, 0.29) is 0 Å². The topological polar surface area (TPSA) is 47.9 Å². The van der Waals surface area contributed by atoms with Gasteiger partial charge in [0.15, 0.2) is 5.15 Å². The summed E-state index contributed by atoms with van der Waals surface area (Å²) in [6.07, 6.45) is 3.84. The van der Waals surface area contributed by atoms with Crippen molar-refractivity contribution in [3.8, 4) is 5.88 Å². The number of rotatable bonds is 4. The maximum atomic E-state index is 5.82. The van der Waals surface area contributed by atoms with Gasteiger partial charge in [0.1, 0.15) is 10.8 Å². The van der Waals surface area contributed by atoms with Crippen molar-refractivity contribution in [3.63, 3.8) is 0 Å². The Morgan fingerprint density at radius 2 is 2.12 bits per heavy atom. The molecule has 6 heteroatoms. The minimum atomic E-state index is 0.341. The zero-order valence-electron chi connectivity index (χ0n) is 8.81. The first-order valence-corrected chi connectivity index (χ1v) is 6.13. The smallest absolute Gasteiger partial charge is 0.232 e. The van der Waals surface area contributed by atoms with Crippen molar-refractivity contribution in [2.75, 3.05) is 6.61 Å². The van der Waals surface area contributed by atoms with Crippen LogP contribution in [0.25, 0.3) is 0 Å². The van der Waals surface area contributed by atoms with E-state index in [2.05, 4.69) is 30.9 Å². The van der Waals surface area contributed by atoms with Crippen molar-refractivity contribution in [3.05, 3.63) is 46.0 Å². The molecular weight excluding hydrogens is 305 g/mol. The summed E-state index contributed by atoms with van der Waals surface area (Å²) in [5, 5.41) is 0.341. The Morgan fingerprint density at radius 3 is 2.88 bits per heavy atom. The van der Waals surface area contributed by atoms with Crippen LogP contribution >= 0.6 is 27.5 Å². The maximum Gasteiger partial charge on any atom is 0.232 e. The third-order valence-corrected chi connectivity index (χ3v) is 3.27. The molecule has 0 amide bonds. The molecule has 0 saturated heterocycles. The highest BCUT2D eigenvalue weighted by atomic mass is 79.9. The summed E-state index contributed by atoms with van der Waals surface area (Å²) in [7, 11) is 0. The third-order valence-electron chi connectivity index (χ3n) is 2.04. The first-order chi connectivity index (χ1) is 8.27. The van der Waals surface area contributed by atoms with Crippen molar-refractivity contribution in [2.45, 2.75) is 6.42 Å². The van der Waals surface area contributed by atoms with E-state index in [1.807, 2.05) is 18.2 Å². The van der Waals surface area contributed by atoms with E-state index in [9.17, 15) is 0 Å². The van der Waals surface area contributed by atoms with E-state index < -0.39 is 0 Å². The van der Waals surface area contributed by atoms with Gasteiger partial charge in [-0.1, -0.05) is 17.7 Å². The van der Waals surface area contributed by atoms with Crippen molar-refractivity contribution >= 4 is 27.5 Å². The van der Waals surface area contributed by atoms with E-state index >= 15 is 0 Å². The predicted octanol–water partition coefficient (Wildman–Crippen LogP) is 2.91. The summed E-state index contributed by atoms with van der Waals surface area (Å²) in [6, 6.07) is 5.77. The van der Waals surface area contributed by atoms with Crippen LogP contribution in [0, 0.1) is 0 Å². The molecule has 0 atom stereocenters. The molecule has 4 nitrogen and oxygen atoms in total. The lowest BCUT2D eigenvalue weighted by molar-refractivity contribution is 0.305. The molecule has 2 aromatic heterocycles. The second-order valence-corrected chi connectivity index (χ2v) is 4.35. The highest BCUT2D eigenvalue weighted by Crippen LogP contribution is 2.27. The first kappa shape index (κ1) is 12.3. The zero-order valence-corrected chi connectivity index (χ0v) is 11.1. The molecular formula is C11H9BrClN3O. The molecule has 0 unspecified atom stereocenters. The molecule has 0 aromatic carbocycles. The molecule has 0 aliphatic rings. The van der Waals surface area contributed by atoms with Gasteiger partial charge in [0.05, 0.1) is 6.61 Å². The van der Waals surface area contributed by atoms with Crippen LogP contribution in [0.4, 0.5) is 0 Å². The Bertz CT molecular complexity index is 495. The number of hydrogen-bond donors (Lipinski definition) is 0. The van der Waals surface area contributed by atoms with E-state index in [0.29, 0.717) is 22.1 Å². The van der Waals surface area contributed by atoms with Crippen LogP contribution < -0.4 is 4.74 Å². The molecule has 0 spiro atoms. The summed E-state index contributed by atoms with van der Waals surface area (Å²) in [6.45, 7) is 0.489. The predicted molar refractivity (Wildman–Crippen MR) is 68.2 cm³/mol. The summed E-state index contributed by atoms with van der Waals surface area (Å²) in [5.41, 5.74) is 0.976. The van der Waals surface area contributed by atoms with E-state index in [1.54, 1.807) is 6.20 Å². The fourth-order valence-corrected chi connectivity index (χ4v) is 1.68. The van der Waals surface area contributed by atoms with E-state index in [0.717, 1.165) is 12.1 Å². The molecule has 0 bridgehead atoms. The number of aromatic nitrogens is 3. The lowest BCUT2D eigenvalue weighted by atomic mass is 10.3. The van der Waals surface area contributed by atoms with E-state index in [4.69, 9.17) is 16.3 Å². The monoisotopic (exact) mass is 313 g/mol. The summed E-state index contributed by atoms with van der Waals surface area (Å²) in [4.78, 5) is 12.0.